The molecule has 4 aromatic carbocycles. The molecule has 0 fully saturated rings. The minimum atomic E-state index is -0.319. The van der Waals surface area contributed by atoms with Crippen LogP contribution in [0.4, 0.5) is 4.39 Å². The van der Waals surface area contributed by atoms with E-state index in [1.807, 2.05) is 89.6 Å². The van der Waals surface area contributed by atoms with E-state index in [4.69, 9.17) is 14.4 Å². The van der Waals surface area contributed by atoms with E-state index >= 15 is 4.39 Å². The van der Waals surface area contributed by atoms with Crippen LogP contribution in [0.1, 0.15) is 0 Å². The van der Waals surface area contributed by atoms with Crippen LogP contribution in [0, 0.1) is 5.82 Å². The summed E-state index contributed by atoms with van der Waals surface area (Å²) in [5.41, 5.74) is 6.26. The van der Waals surface area contributed by atoms with E-state index in [0.717, 1.165) is 33.4 Å². The molecule has 0 unspecified atom stereocenters. The fourth-order valence-electron chi connectivity index (χ4n) is 4.72. The monoisotopic (exact) mass is 455 g/mol. The zero-order valence-electron chi connectivity index (χ0n) is 18.5. The first kappa shape index (κ1) is 19.7. The van der Waals surface area contributed by atoms with Gasteiger partial charge in [0.15, 0.2) is 11.5 Å². The molecule has 35 heavy (non-hydrogen) atoms. The van der Waals surface area contributed by atoms with Crippen molar-refractivity contribution in [3.63, 3.8) is 0 Å². The molecule has 0 radical (unpaired) electrons. The lowest BCUT2D eigenvalue weighted by Crippen LogP contribution is -1.99. The van der Waals surface area contributed by atoms with E-state index in [9.17, 15) is 0 Å². The summed E-state index contributed by atoms with van der Waals surface area (Å²) >= 11 is 0. The number of rotatable bonds is 3. The van der Waals surface area contributed by atoms with Crippen molar-refractivity contribution >= 4 is 33.1 Å². The van der Waals surface area contributed by atoms with E-state index in [-0.39, 0.29) is 5.82 Å². The molecule has 0 bridgehead atoms. The van der Waals surface area contributed by atoms with Crippen LogP contribution in [-0.4, -0.2) is 14.5 Å². The van der Waals surface area contributed by atoms with Gasteiger partial charge in [-0.1, -0.05) is 66.7 Å². The highest BCUT2D eigenvalue weighted by Crippen LogP contribution is 2.39. The van der Waals surface area contributed by atoms with Crippen molar-refractivity contribution in [1.82, 2.24) is 14.5 Å². The Bertz CT molecular complexity index is 1850. The fourth-order valence-corrected chi connectivity index (χ4v) is 4.72. The fraction of sp³-hybridized carbons (Fsp3) is 0. The van der Waals surface area contributed by atoms with Crippen LogP contribution in [0.15, 0.2) is 114 Å². The molecule has 3 aromatic heterocycles. The topological polar surface area (TPSA) is 43.9 Å². The predicted octanol–water partition coefficient (Wildman–Crippen LogP) is 7.79. The first-order chi connectivity index (χ1) is 17.3. The lowest BCUT2D eigenvalue weighted by molar-refractivity contribution is 0.634. The summed E-state index contributed by atoms with van der Waals surface area (Å²) in [4.78, 5) is 9.83. The van der Waals surface area contributed by atoms with Crippen molar-refractivity contribution in [3.05, 3.63) is 115 Å². The van der Waals surface area contributed by atoms with Crippen molar-refractivity contribution in [2.75, 3.05) is 0 Å². The molecule has 0 saturated carbocycles. The zero-order valence-corrected chi connectivity index (χ0v) is 18.5. The van der Waals surface area contributed by atoms with Crippen molar-refractivity contribution in [3.8, 4) is 28.2 Å². The standard InChI is InChI=1S/C30H18FN3O/c31-24-16-15-23(28-27(24)22-13-7-8-14-26(22)35-28)29-33-25-17-20(19-9-3-1-4-10-19)18-32-30(25)34(29)21-11-5-2-6-12-21/h1-18H. The van der Waals surface area contributed by atoms with Crippen LogP contribution < -0.4 is 0 Å². The van der Waals surface area contributed by atoms with Crippen molar-refractivity contribution in [2.45, 2.75) is 0 Å². The molecule has 0 aliphatic carbocycles. The lowest BCUT2D eigenvalue weighted by Gasteiger charge is -2.09. The first-order valence-corrected chi connectivity index (χ1v) is 11.4. The van der Waals surface area contributed by atoms with Crippen LogP contribution in [0.25, 0.3) is 61.3 Å². The number of furan rings is 1. The molecular formula is C30H18FN3O. The van der Waals surface area contributed by atoms with Gasteiger partial charge < -0.3 is 4.42 Å². The third kappa shape index (κ3) is 3.05. The zero-order chi connectivity index (χ0) is 23.4. The number of hydrogen-bond donors (Lipinski definition) is 0. The van der Waals surface area contributed by atoms with Crippen molar-refractivity contribution in [2.24, 2.45) is 0 Å². The number of nitrogens with zero attached hydrogens (tertiary/aromatic N) is 3. The number of halogens is 1. The van der Waals surface area contributed by atoms with E-state index < -0.39 is 0 Å². The Morgan fingerprint density at radius 3 is 2.31 bits per heavy atom. The Morgan fingerprint density at radius 1 is 0.743 bits per heavy atom. The van der Waals surface area contributed by atoms with E-state index in [1.165, 1.54) is 6.07 Å². The molecule has 0 N–H and O–H groups in total. The molecule has 0 aliphatic rings. The number of fused-ring (bicyclic) bond motifs is 4. The summed E-state index contributed by atoms with van der Waals surface area (Å²) in [5, 5.41) is 1.21. The molecule has 0 spiro atoms. The largest absolute Gasteiger partial charge is 0.455 e. The van der Waals surface area contributed by atoms with Crippen molar-refractivity contribution < 1.29 is 8.81 Å². The highest BCUT2D eigenvalue weighted by molar-refractivity contribution is 6.09. The molecule has 7 aromatic rings. The van der Waals surface area contributed by atoms with Crippen LogP contribution in [0.5, 0.6) is 0 Å². The number of aromatic nitrogens is 3. The van der Waals surface area contributed by atoms with E-state index in [0.29, 0.717) is 27.9 Å². The molecule has 7 rings (SSSR count). The van der Waals surface area contributed by atoms with Gasteiger partial charge in [0.2, 0.25) is 0 Å². The Balaban J connectivity index is 1.56. The highest BCUT2D eigenvalue weighted by atomic mass is 19.1. The first-order valence-electron chi connectivity index (χ1n) is 11.4. The molecule has 0 aliphatic heterocycles. The molecule has 0 atom stereocenters. The molecule has 4 nitrogen and oxygen atoms in total. The molecular weight excluding hydrogens is 437 g/mol. The van der Waals surface area contributed by atoms with Gasteiger partial charge in [0.05, 0.1) is 10.9 Å². The normalized spacial score (nSPS) is 11.6. The number of para-hydroxylation sites is 2. The Hall–Kier alpha value is -4.77. The molecule has 0 amide bonds. The quantitative estimate of drug-likeness (QED) is 0.273. The maximum absolute atomic E-state index is 15.0. The summed E-state index contributed by atoms with van der Waals surface area (Å²) in [5.74, 6) is 0.327. The second-order valence-electron chi connectivity index (χ2n) is 8.44. The van der Waals surface area contributed by atoms with Gasteiger partial charge in [0.1, 0.15) is 22.5 Å². The number of imidazole rings is 1. The highest BCUT2D eigenvalue weighted by Gasteiger charge is 2.22. The maximum atomic E-state index is 15.0. The summed E-state index contributed by atoms with van der Waals surface area (Å²) in [6.45, 7) is 0. The van der Waals surface area contributed by atoms with Crippen LogP contribution >= 0.6 is 0 Å². The molecule has 166 valence electrons. The molecule has 0 saturated heterocycles. The Labute approximate surface area is 199 Å². The second kappa shape index (κ2) is 7.64. The number of benzene rings is 4. The van der Waals surface area contributed by atoms with Gasteiger partial charge >= 0.3 is 0 Å². The minimum absolute atomic E-state index is 0.319. The van der Waals surface area contributed by atoms with Crippen LogP contribution in [0.3, 0.4) is 0 Å². The van der Waals surface area contributed by atoms with Gasteiger partial charge in [0, 0.05) is 22.8 Å². The predicted molar refractivity (Wildman–Crippen MR) is 137 cm³/mol. The van der Waals surface area contributed by atoms with Gasteiger partial charge in [-0.3, -0.25) is 4.57 Å². The van der Waals surface area contributed by atoms with Crippen molar-refractivity contribution in [1.29, 1.82) is 0 Å². The third-order valence-corrected chi connectivity index (χ3v) is 6.33. The van der Waals surface area contributed by atoms with E-state index in [1.54, 1.807) is 6.07 Å². The molecule has 3 heterocycles. The van der Waals surface area contributed by atoms with Gasteiger partial charge in [-0.15, -0.1) is 0 Å². The number of hydrogen-bond acceptors (Lipinski definition) is 3. The summed E-state index contributed by atoms with van der Waals surface area (Å²) in [6, 6.07) is 32.8. The van der Waals surface area contributed by atoms with E-state index in [2.05, 4.69) is 12.1 Å². The van der Waals surface area contributed by atoms with Gasteiger partial charge in [0.25, 0.3) is 0 Å². The minimum Gasteiger partial charge on any atom is -0.455 e. The summed E-state index contributed by atoms with van der Waals surface area (Å²) < 4.78 is 23.2. The third-order valence-electron chi connectivity index (χ3n) is 6.33. The average molecular weight is 455 g/mol. The maximum Gasteiger partial charge on any atom is 0.164 e. The average Bonchev–Trinajstić information content (AvgIpc) is 3.49. The second-order valence-corrected chi connectivity index (χ2v) is 8.44. The van der Waals surface area contributed by atoms with Gasteiger partial charge in [-0.25, -0.2) is 14.4 Å². The summed E-state index contributed by atoms with van der Waals surface area (Å²) in [7, 11) is 0. The number of pyridine rings is 1. The molecule has 5 heteroatoms. The van der Waals surface area contributed by atoms with Crippen LogP contribution in [-0.2, 0) is 0 Å². The Kier molecular flexibility index (Phi) is 4.29. The SMILES string of the molecule is Fc1ccc(-c2nc3cc(-c4ccccc4)cnc3n2-c2ccccc2)c2oc3ccccc3c12. The smallest absolute Gasteiger partial charge is 0.164 e. The lowest BCUT2D eigenvalue weighted by atomic mass is 10.1. The van der Waals surface area contributed by atoms with Gasteiger partial charge in [-0.05, 0) is 42.0 Å². The van der Waals surface area contributed by atoms with Crippen LogP contribution in [0.2, 0.25) is 0 Å². The van der Waals surface area contributed by atoms with Gasteiger partial charge in [-0.2, -0.15) is 0 Å². The Morgan fingerprint density at radius 2 is 1.49 bits per heavy atom. The summed E-state index contributed by atoms with van der Waals surface area (Å²) in [6.07, 6.45) is 1.87.